The van der Waals surface area contributed by atoms with E-state index in [-0.39, 0.29) is 17.8 Å². The molecule has 2 amide bonds. The summed E-state index contributed by atoms with van der Waals surface area (Å²) in [6.45, 7) is 5.58. The third-order valence-electron chi connectivity index (χ3n) is 6.37. The molecule has 31 heavy (non-hydrogen) atoms. The second-order valence-corrected chi connectivity index (χ2v) is 8.86. The van der Waals surface area contributed by atoms with Crippen molar-refractivity contribution in [3.63, 3.8) is 0 Å². The van der Waals surface area contributed by atoms with Crippen molar-refractivity contribution in [1.29, 1.82) is 0 Å². The molecule has 3 aliphatic rings. The summed E-state index contributed by atoms with van der Waals surface area (Å²) in [4.78, 5) is 28.2. The normalized spacial score (nSPS) is 22.1. The third kappa shape index (κ3) is 5.10. The molecule has 0 bridgehead atoms. The molecule has 1 aromatic rings. The van der Waals surface area contributed by atoms with Crippen LogP contribution >= 0.6 is 11.6 Å². The van der Waals surface area contributed by atoms with Gasteiger partial charge in [0.2, 0.25) is 7.85 Å². The van der Waals surface area contributed by atoms with E-state index in [0.717, 1.165) is 51.1 Å². The van der Waals surface area contributed by atoms with Crippen LogP contribution in [0, 0.1) is 5.92 Å². The molecule has 1 atom stereocenters. The first-order valence-corrected chi connectivity index (χ1v) is 11.2. The number of morpholine rings is 1. The van der Waals surface area contributed by atoms with Gasteiger partial charge in [-0.1, -0.05) is 11.6 Å². The van der Waals surface area contributed by atoms with Crippen LogP contribution in [0.1, 0.15) is 28.8 Å². The van der Waals surface area contributed by atoms with Gasteiger partial charge in [0.05, 0.1) is 35.6 Å². The summed E-state index contributed by atoms with van der Waals surface area (Å²) >= 11 is 6.21. The lowest BCUT2D eigenvalue weighted by molar-refractivity contribution is -0.0329. The fraction of sp³-hybridized carbons (Fsp3) is 0.619. The maximum atomic E-state index is 12.8. The molecule has 166 valence electrons. The van der Waals surface area contributed by atoms with E-state index in [1.54, 1.807) is 11.0 Å². The Kier molecular flexibility index (Phi) is 6.94. The Morgan fingerprint density at radius 3 is 2.77 bits per heavy atom. The zero-order chi connectivity index (χ0) is 22.0. The van der Waals surface area contributed by atoms with Crippen LogP contribution in [0.3, 0.4) is 0 Å². The van der Waals surface area contributed by atoms with E-state index in [0.29, 0.717) is 54.1 Å². The van der Waals surface area contributed by atoms with Crippen LogP contribution in [0.2, 0.25) is 5.02 Å². The van der Waals surface area contributed by atoms with E-state index in [1.165, 1.54) is 0 Å². The lowest BCUT2D eigenvalue weighted by Gasteiger charge is -2.38. The molecule has 0 aromatic heterocycles. The molecule has 0 unspecified atom stereocenters. The minimum Gasteiger partial charge on any atom is -0.492 e. The SMILES string of the molecule is [B]C(=O)N1CCC(CN2CCO[C@@H](CNC(=O)c3cc(Cl)c(N)c4c3OCC4)C2)CC1. The second kappa shape index (κ2) is 9.67. The highest BCUT2D eigenvalue weighted by molar-refractivity contribution is 6.56. The van der Waals surface area contributed by atoms with E-state index < -0.39 is 0 Å². The topological polar surface area (TPSA) is 97.1 Å². The Balaban J connectivity index is 1.28. The van der Waals surface area contributed by atoms with Gasteiger partial charge in [0, 0.05) is 51.3 Å². The average Bonchev–Trinajstić information content (AvgIpc) is 3.25. The fourth-order valence-corrected chi connectivity index (χ4v) is 4.83. The van der Waals surface area contributed by atoms with Crippen molar-refractivity contribution in [3.8, 4) is 5.75 Å². The first-order valence-electron chi connectivity index (χ1n) is 10.8. The summed E-state index contributed by atoms with van der Waals surface area (Å²) in [5.74, 6) is 0.507. The Hall–Kier alpha value is -1.97. The first kappa shape index (κ1) is 22.2. The monoisotopic (exact) mass is 446 g/mol. The van der Waals surface area contributed by atoms with Gasteiger partial charge in [0.15, 0.2) is 5.81 Å². The van der Waals surface area contributed by atoms with Crippen LogP contribution in [-0.4, -0.2) is 87.9 Å². The number of halogens is 1. The number of carbonyl (C=O) groups excluding carboxylic acids is 2. The summed E-state index contributed by atoms with van der Waals surface area (Å²) in [6, 6.07) is 1.57. The van der Waals surface area contributed by atoms with Crippen molar-refractivity contribution in [1.82, 2.24) is 15.1 Å². The maximum Gasteiger partial charge on any atom is 0.255 e. The molecule has 3 aliphatic heterocycles. The van der Waals surface area contributed by atoms with Crippen LogP contribution in [0.5, 0.6) is 5.75 Å². The summed E-state index contributed by atoms with van der Waals surface area (Å²) < 4.78 is 11.5. The van der Waals surface area contributed by atoms with E-state index in [1.807, 2.05) is 0 Å². The van der Waals surface area contributed by atoms with Crippen LogP contribution < -0.4 is 15.8 Å². The zero-order valence-electron chi connectivity index (χ0n) is 17.6. The number of rotatable bonds is 5. The number of likely N-dealkylation sites (tertiary alicyclic amines) is 1. The Morgan fingerprint density at radius 2 is 2.03 bits per heavy atom. The molecule has 8 nitrogen and oxygen atoms in total. The predicted molar refractivity (Wildman–Crippen MR) is 119 cm³/mol. The van der Waals surface area contributed by atoms with Crippen LogP contribution in [0.25, 0.3) is 0 Å². The van der Waals surface area contributed by atoms with Crippen molar-refractivity contribution in [2.24, 2.45) is 5.92 Å². The molecule has 10 heteroatoms. The molecular weight excluding hydrogens is 419 g/mol. The third-order valence-corrected chi connectivity index (χ3v) is 6.68. The number of hydrogen-bond acceptors (Lipinski definition) is 6. The van der Waals surface area contributed by atoms with Gasteiger partial charge in [-0.25, -0.2) is 0 Å². The first-order chi connectivity index (χ1) is 14.9. The molecule has 2 fully saturated rings. The van der Waals surface area contributed by atoms with Gasteiger partial charge in [0.1, 0.15) is 5.75 Å². The largest absolute Gasteiger partial charge is 0.492 e. The predicted octanol–water partition coefficient (Wildman–Crippen LogP) is 1.29. The summed E-state index contributed by atoms with van der Waals surface area (Å²) in [5, 5.41) is 3.33. The van der Waals surface area contributed by atoms with Crippen molar-refractivity contribution in [2.45, 2.75) is 25.4 Å². The molecule has 2 saturated heterocycles. The minimum atomic E-state index is -0.334. The molecule has 1 aromatic carbocycles. The van der Waals surface area contributed by atoms with Gasteiger partial charge >= 0.3 is 0 Å². The van der Waals surface area contributed by atoms with Gasteiger partial charge in [0.25, 0.3) is 5.91 Å². The Labute approximate surface area is 188 Å². The fourth-order valence-electron chi connectivity index (χ4n) is 4.61. The lowest BCUT2D eigenvalue weighted by atomic mass is 9.94. The van der Waals surface area contributed by atoms with Gasteiger partial charge in [-0.3, -0.25) is 14.5 Å². The number of hydrogen-bond donors (Lipinski definition) is 2. The number of benzene rings is 1. The van der Waals surface area contributed by atoms with Crippen molar-refractivity contribution in [3.05, 3.63) is 22.2 Å². The number of nitrogens with one attached hydrogen (secondary N) is 1. The molecule has 2 radical (unpaired) electrons. The number of nitrogens with zero attached hydrogens (tertiary/aromatic N) is 2. The highest BCUT2D eigenvalue weighted by Gasteiger charge is 2.28. The zero-order valence-corrected chi connectivity index (χ0v) is 18.3. The summed E-state index contributed by atoms with van der Waals surface area (Å²) in [6.07, 6.45) is 2.50. The highest BCUT2D eigenvalue weighted by atomic mass is 35.5. The average molecular weight is 447 g/mol. The molecular formula is C21H28BClN4O4. The van der Waals surface area contributed by atoms with Gasteiger partial charge in [-0.05, 0) is 24.8 Å². The maximum absolute atomic E-state index is 12.8. The van der Waals surface area contributed by atoms with Crippen molar-refractivity contribution in [2.75, 3.05) is 58.2 Å². The highest BCUT2D eigenvalue weighted by Crippen LogP contribution is 2.38. The van der Waals surface area contributed by atoms with Crippen LogP contribution in [-0.2, 0) is 11.2 Å². The minimum absolute atomic E-state index is 0.0818. The van der Waals surface area contributed by atoms with Crippen LogP contribution in [0.15, 0.2) is 6.07 Å². The number of fused-ring (bicyclic) bond motifs is 1. The van der Waals surface area contributed by atoms with Crippen molar-refractivity contribution < 1.29 is 19.1 Å². The second-order valence-electron chi connectivity index (χ2n) is 8.46. The molecule has 0 aliphatic carbocycles. The number of anilines is 1. The molecule has 3 heterocycles. The number of nitrogen functional groups attached to an aromatic ring is 1. The quantitative estimate of drug-likeness (QED) is 0.522. The van der Waals surface area contributed by atoms with Gasteiger partial charge in [-0.15, -0.1) is 0 Å². The van der Waals surface area contributed by atoms with E-state index in [9.17, 15) is 9.59 Å². The number of carbonyl (C=O) groups is 2. The Morgan fingerprint density at radius 1 is 1.26 bits per heavy atom. The number of piperidine rings is 1. The number of nitrogens with two attached hydrogens (primary N) is 1. The molecule has 3 N–H and O–H groups in total. The summed E-state index contributed by atoms with van der Waals surface area (Å²) in [5.41, 5.74) is 7.72. The van der Waals surface area contributed by atoms with Crippen LogP contribution in [0.4, 0.5) is 10.5 Å². The lowest BCUT2D eigenvalue weighted by Crippen LogP contribution is -2.49. The summed E-state index contributed by atoms with van der Waals surface area (Å²) in [7, 11) is 5.36. The Bertz CT molecular complexity index is 847. The molecule has 0 saturated carbocycles. The molecule has 0 spiro atoms. The van der Waals surface area contributed by atoms with Crippen molar-refractivity contribution >= 4 is 36.8 Å². The number of ether oxygens (including phenoxy) is 2. The van der Waals surface area contributed by atoms with E-state index >= 15 is 0 Å². The van der Waals surface area contributed by atoms with E-state index in [4.69, 9.17) is 34.7 Å². The smallest absolute Gasteiger partial charge is 0.255 e. The van der Waals surface area contributed by atoms with Gasteiger partial charge < -0.3 is 25.4 Å². The molecule has 4 rings (SSSR count). The number of amides is 2. The van der Waals surface area contributed by atoms with E-state index in [2.05, 4.69) is 10.2 Å². The standard InChI is InChI=1S/C21H28BClN4O4/c22-21(29)27-4-1-13(2-5-27)11-26-6-8-30-14(12-26)10-25-20(28)16-9-17(23)18(24)15-3-7-31-19(15)16/h9,13-14H,1-8,10-12,24H2,(H,25,28)/t14-/m0/s1. The van der Waals surface area contributed by atoms with Gasteiger partial charge in [-0.2, -0.15) is 0 Å².